The fourth-order valence-electron chi connectivity index (χ4n) is 2.22. The highest BCUT2D eigenvalue weighted by Gasteiger charge is 2.37. The van der Waals surface area contributed by atoms with Crippen LogP contribution in [0.15, 0.2) is 17.2 Å². The molecule has 1 saturated carbocycles. The minimum Gasteiger partial charge on any atom is -0.390 e. The molecule has 1 aromatic heterocycles. The lowest BCUT2D eigenvalue weighted by Crippen LogP contribution is -2.45. The Hall–Kier alpha value is -0.500. The molecule has 0 bridgehead atoms. The number of aliphatic hydroxyl groups is 1. The van der Waals surface area contributed by atoms with Crippen molar-refractivity contribution >= 4 is 21.8 Å². The molecule has 0 spiro atoms. The number of aromatic nitrogens is 1. The summed E-state index contributed by atoms with van der Waals surface area (Å²) < 4.78 is 28.8. The van der Waals surface area contributed by atoms with Crippen LogP contribution in [0.5, 0.6) is 0 Å². The number of aliphatic hydroxyl groups excluding tert-OH is 1. The molecule has 0 unspecified atom stereocenters. The van der Waals surface area contributed by atoms with Gasteiger partial charge in [-0.1, -0.05) is 6.42 Å². The second-order valence-corrected chi connectivity index (χ2v) is 8.04. The summed E-state index contributed by atoms with van der Waals surface area (Å²) in [4.78, 5) is 0.217. The van der Waals surface area contributed by atoms with E-state index >= 15 is 0 Å². The Balaban J connectivity index is 2.09. The molecule has 0 aliphatic heterocycles. The third-order valence-corrected chi connectivity index (χ3v) is 6.62. The van der Waals surface area contributed by atoms with Gasteiger partial charge in [0.1, 0.15) is 0 Å². The van der Waals surface area contributed by atoms with Crippen LogP contribution in [0.25, 0.3) is 0 Å². The van der Waals surface area contributed by atoms with Crippen LogP contribution in [0.4, 0.5) is 0 Å². The highest BCUT2D eigenvalue weighted by Crippen LogP contribution is 2.42. The molecule has 1 aliphatic carbocycles. The molecule has 7 heteroatoms. The molecule has 1 heterocycles. The molecule has 0 saturated heterocycles. The Morgan fingerprint density at radius 3 is 2.63 bits per heavy atom. The van der Waals surface area contributed by atoms with Crippen LogP contribution < -0.4 is 4.72 Å². The number of nitrogens with zero attached hydrogens (tertiary/aromatic N) is 1. The predicted octanol–water partition coefficient (Wildman–Crippen LogP) is 1.08. The van der Waals surface area contributed by atoms with Crippen LogP contribution in [0, 0.1) is 0 Å². The van der Waals surface area contributed by atoms with Gasteiger partial charge < -0.3 is 9.67 Å². The Labute approximate surface area is 118 Å². The van der Waals surface area contributed by atoms with E-state index in [4.69, 9.17) is 5.11 Å². The lowest BCUT2D eigenvalue weighted by Gasteiger charge is -2.40. The minimum absolute atomic E-state index is 0.0711. The van der Waals surface area contributed by atoms with Gasteiger partial charge >= 0.3 is 0 Å². The quantitative estimate of drug-likeness (QED) is 0.825. The average Bonchev–Trinajstić information content (AvgIpc) is 2.70. The summed E-state index contributed by atoms with van der Waals surface area (Å²) in [5.41, 5.74) is 0.587. The van der Waals surface area contributed by atoms with E-state index in [0.717, 1.165) is 12.8 Å². The monoisotopic (exact) mass is 304 g/mol. The Morgan fingerprint density at radius 2 is 2.21 bits per heavy atom. The molecule has 2 N–H and O–H groups in total. The van der Waals surface area contributed by atoms with E-state index in [2.05, 4.69) is 4.72 Å². The molecule has 5 nitrogen and oxygen atoms in total. The van der Waals surface area contributed by atoms with Crippen molar-refractivity contribution < 1.29 is 13.5 Å². The Bertz CT molecular complexity index is 542. The summed E-state index contributed by atoms with van der Waals surface area (Å²) in [5.74, 6) is 0. The van der Waals surface area contributed by atoms with E-state index < -0.39 is 10.0 Å². The zero-order valence-electron chi connectivity index (χ0n) is 11.2. The lowest BCUT2D eigenvalue weighted by atomic mass is 9.84. The number of hydrogen-bond donors (Lipinski definition) is 2. The second-order valence-electron chi connectivity index (χ2n) is 5.00. The molecule has 2 rings (SSSR count). The van der Waals surface area contributed by atoms with E-state index in [1.807, 2.05) is 6.26 Å². The van der Waals surface area contributed by atoms with Crippen molar-refractivity contribution in [2.24, 2.45) is 7.05 Å². The average molecular weight is 304 g/mol. The fraction of sp³-hybridized carbons (Fsp3) is 0.667. The largest absolute Gasteiger partial charge is 0.390 e. The van der Waals surface area contributed by atoms with Gasteiger partial charge in [0.15, 0.2) is 0 Å². The van der Waals surface area contributed by atoms with Gasteiger partial charge in [0.2, 0.25) is 10.0 Å². The smallest absolute Gasteiger partial charge is 0.242 e. The number of nitrogens with one attached hydrogen (secondary N) is 1. The van der Waals surface area contributed by atoms with Crippen LogP contribution in [-0.2, 0) is 23.7 Å². The summed E-state index contributed by atoms with van der Waals surface area (Å²) in [6.07, 6.45) is 6.85. The predicted molar refractivity (Wildman–Crippen MR) is 76.6 cm³/mol. The second kappa shape index (κ2) is 5.47. The number of hydrogen-bond acceptors (Lipinski definition) is 4. The van der Waals surface area contributed by atoms with Gasteiger partial charge in [0, 0.05) is 30.2 Å². The van der Waals surface area contributed by atoms with Crippen LogP contribution >= 0.6 is 11.8 Å². The molecule has 0 amide bonds. The number of sulfonamides is 1. The molecule has 1 aromatic rings. The van der Waals surface area contributed by atoms with Crippen LogP contribution in [0.3, 0.4) is 0 Å². The summed E-state index contributed by atoms with van der Waals surface area (Å²) in [5, 5.41) is 9.10. The van der Waals surface area contributed by atoms with E-state index in [-0.39, 0.29) is 16.2 Å². The molecule has 1 fully saturated rings. The van der Waals surface area contributed by atoms with Crippen molar-refractivity contribution in [3.63, 3.8) is 0 Å². The van der Waals surface area contributed by atoms with E-state index in [0.29, 0.717) is 12.2 Å². The van der Waals surface area contributed by atoms with E-state index in [9.17, 15) is 8.42 Å². The molecule has 108 valence electrons. The number of aryl methyl sites for hydroxylation is 1. The molecule has 0 radical (unpaired) electrons. The van der Waals surface area contributed by atoms with Crippen molar-refractivity contribution in [2.75, 3.05) is 12.8 Å². The summed E-state index contributed by atoms with van der Waals surface area (Å²) >= 11 is 1.74. The maximum Gasteiger partial charge on any atom is 0.242 e. The van der Waals surface area contributed by atoms with Crippen LogP contribution in [-0.4, -0.2) is 35.6 Å². The molecule has 0 aromatic carbocycles. The van der Waals surface area contributed by atoms with Gasteiger partial charge in [-0.15, -0.1) is 0 Å². The first-order valence-electron chi connectivity index (χ1n) is 6.23. The van der Waals surface area contributed by atoms with Crippen LogP contribution in [0.2, 0.25) is 0 Å². The van der Waals surface area contributed by atoms with Gasteiger partial charge in [-0.25, -0.2) is 13.1 Å². The van der Waals surface area contributed by atoms with Gasteiger partial charge in [-0.05, 0) is 25.2 Å². The Morgan fingerprint density at radius 1 is 1.53 bits per heavy atom. The SMILES string of the molecule is CSC1(CNS(=O)(=O)c2cc(CO)n(C)c2)CCC1. The normalized spacial score (nSPS) is 18.3. The zero-order chi connectivity index (χ0) is 14.1. The van der Waals surface area contributed by atoms with Crippen LogP contribution in [0.1, 0.15) is 25.0 Å². The molecular weight excluding hydrogens is 284 g/mol. The van der Waals surface area contributed by atoms with Gasteiger partial charge in [-0.3, -0.25) is 0 Å². The number of thioether (sulfide) groups is 1. The minimum atomic E-state index is -3.49. The first-order valence-corrected chi connectivity index (χ1v) is 8.94. The molecule has 19 heavy (non-hydrogen) atoms. The standard InChI is InChI=1S/C12H20N2O3S2/c1-14-7-11(6-10(14)8-15)19(16,17)13-9-12(18-2)4-3-5-12/h6-7,13,15H,3-5,8-9H2,1-2H3. The molecular formula is C12H20N2O3S2. The molecule has 0 atom stereocenters. The topological polar surface area (TPSA) is 71.3 Å². The highest BCUT2D eigenvalue weighted by molar-refractivity contribution is 8.00. The zero-order valence-corrected chi connectivity index (χ0v) is 12.9. The first-order chi connectivity index (χ1) is 8.92. The third kappa shape index (κ3) is 2.99. The number of rotatable bonds is 6. The van der Waals surface area contributed by atoms with Gasteiger partial charge in [0.05, 0.1) is 11.5 Å². The molecule has 1 aliphatic rings. The maximum atomic E-state index is 12.2. The summed E-state index contributed by atoms with van der Waals surface area (Å²) in [7, 11) is -1.76. The van der Waals surface area contributed by atoms with Gasteiger partial charge in [-0.2, -0.15) is 11.8 Å². The first kappa shape index (κ1) is 14.9. The Kier molecular flexibility index (Phi) is 4.29. The van der Waals surface area contributed by atoms with Crippen molar-refractivity contribution in [3.8, 4) is 0 Å². The summed E-state index contributed by atoms with van der Waals surface area (Å²) in [6.45, 7) is 0.306. The van der Waals surface area contributed by atoms with E-state index in [1.54, 1.807) is 23.4 Å². The summed E-state index contributed by atoms with van der Waals surface area (Å²) in [6, 6.07) is 1.51. The van der Waals surface area contributed by atoms with Gasteiger partial charge in [0.25, 0.3) is 0 Å². The van der Waals surface area contributed by atoms with Crippen molar-refractivity contribution in [1.82, 2.24) is 9.29 Å². The maximum absolute atomic E-state index is 12.2. The van der Waals surface area contributed by atoms with Crippen molar-refractivity contribution in [1.29, 1.82) is 0 Å². The lowest BCUT2D eigenvalue weighted by molar-refractivity contribution is 0.272. The van der Waals surface area contributed by atoms with E-state index in [1.165, 1.54) is 18.7 Å². The third-order valence-electron chi connectivity index (χ3n) is 3.84. The fourth-order valence-corrected chi connectivity index (χ4v) is 4.44. The van der Waals surface area contributed by atoms with Crippen molar-refractivity contribution in [2.45, 2.75) is 35.5 Å². The van der Waals surface area contributed by atoms with Crippen molar-refractivity contribution in [3.05, 3.63) is 18.0 Å². The highest BCUT2D eigenvalue weighted by atomic mass is 32.2.